The van der Waals surface area contributed by atoms with Gasteiger partial charge in [0.25, 0.3) is 0 Å². The van der Waals surface area contributed by atoms with Crippen LogP contribution in [0.4, 0.5) is 17.6 Å². The Bertz CT molecular complexity index is 2040. The molecule has 0 saturated carbocycles. The van der Waals surface area contributed by atoms with Crippen LogP contribution in [0.2, 0.25) is 0 Å². The van der Waals surface area contributed by atoms with Gasteiger partial charge in [-0.15, -0.1) is 0 Å². The topological polar surface area (TPSA) is 163 Å². The van der Waals surface area contributed by atoms with Crippen LogP contribution in [-0.2, 0) is 29.2 Å². The largest absolute Gasteiger partial charge is 0.451 e. The van der Waals surface area contributed by atoms with Gasteiger partial charge in [0.05, 0.1) is 24.6 Å². The van der Waals surface area contributed by atoms with Crippen LogP contribution in [-0.4, -0.2) is 50.0 Å². The molecule has 0 aliphatic carbocycles. The van der Waals surface area contributed by atoms with Crippen LogP contribution < -0.4 is 8.37 Å². The van der Waals surface area contributed by atoms with Gasteiger partial charge in [0, 0.05) is 22.3 Å². The summed E-state index contributed by atoms with van der Waals surface area (Å²) in [7, 11) is -9.73. The fourth-order valence-electron chi connectivity index (χ4n) is 4.58. The summed E-state index contributed by atoms with van der Waals surface area (Å²) in [5, 5.41) is 0. The summed E-state index contributed by atoms with van der Waals surface area (Å²) < 4.78 is 123. The number of benzene rings is 4. The number of halogens is 4. The standard InChI is InChI=1S/C32H22F4N4O8S2/c33-23-9-1-19(2-10-23)27-28(20-3-11-24(34)12-4-20)38-31(37-27)47-49(41,42)45-17-18-46-50(43,44)48-32-39-29(21-5-13-25(35)14-6-21)30(40-32)22-7-15-26(36)16-8-22/h1-16H,17-18H2,(H,37,38)(H,39,40). The molecular formula is C32H22F4N4O8S2. The zero-order valence-corrected chi connectivity index (χ0v) is 26.8. The molecule has 2 N–H and O–H groups in total. The molecule has 0 amide bonds. The molecule has 12 nitrogen and oxygen atoms in total. The number of aromatic amines is 2. The van der Waals surface area contributed by atoms with E-state index in [0.717, 1.165) is 24.3 Å². The summed E-state index contributed by atoms with van der Waals surface area (Å²) in [4.78, 5) is 13.6. The summed E-state index contributed by atoms with van der Waals surface area (Å²) in [6, 6.07) is 19.4. The first kappa shape index (κ1) is 34.3. The van der Waals surface area contributed by atoms with Crippen molar-refractivity contribution in [2.75, 3.05) is 13.2 Å². The second kappa shape index (κ2) is 14.1. The Morgan fingerprint density at radius 2 is 0.740 bits per heavy atom. The maximum atomic E-state index is 13.5. The second-order valence-electron chi connectivity index (χ2n) is 10.2. The van der Waals surface area contributed by atoms with E-state index in [-0.39, 0.29) is 22.8 Å². The molecule has 0 spiro atoms. The normalized spacial score (nSPS) is 11.8. The predicted molar refractivity (Wildman–Crippen MR) is 170 cm³/mol. The minimum atomic E-state index is -4.86. The van der Waals surface area contributed by atoms with Gasteiger partial charge in [0.2, 0.25) is 0 Å². The predicted octanol–water partition coefficient (Wildman–Crippen LogP) is 6.34. The molecule has 4 aromatic carbocycles. The molecule has 0 radical (unpaired) electrons. The van der Waals surface area contributed by atoms with Crippen molar-refractivity contribution in [3.8, 4) is 57.1 Å². The number of H-pyrrole nitrogens is 2. The van der Waals surface area contributed by atoms with E-state index in [1.54, 1.807) is 0 Å². The van der Waals surface area contributed by atoms with Gasteiger partial charge in [-0.3, -0.25) is 0 Å². The lowest BCUT2D eigenvalue weighted by atomic mass is 10.1. The highest BCUT2D eigenvalue weighted by Crippen LogP contribution is 2.34. The molecule has 0 saturated heterocycles. The minimum absolute atomic E-state index is 0.150. The fourth-order valence-corrected chi connectivity index (χ4v) is 5.76. The molecule has 50 heavy (non-hydrogen) atoms. The third-order valence-electron chi connectivity index (χ3n) is 6.77. The fraction of sp³-hybridized carbons (Fsp3) is 0.0625. The molecule has 0 atom stereocenters. The van der Waals surface area contributed by atoms with Gasteiger partial charge in [0.15, 0.2) is 0 Å². The van der Waals surface area contributed by atoms with Crippen molar-refractivity contribution >= 4 is 20.8 Å². The van der Waals surface area contributed by atoms with Gasteiger partial charge in [-0.05, 0) is 97.1 Å². The van der Waals surface area contributed by atoms with Crippen LogP contribution in [0.1, 0.15) is 0 Å². The van der Waals surface area contributed by atoms with Gasteiger partial charge >= 0.3 is 32.8 Å². The number of rotatable bonds is 13. The lowest BCUT2D eigenvalue weighted by molar-refractivity contribution is 0.191. The highest BCUT2D eigenvalue weighted by molar-refractivity contribution is 7.82. The molecule has 0 fully saturated rings. The highest BCUT2D eigenvalue weighted by atomic mass is 32.3. The van der Waals surface area contributed by atoms with E-state index >= 15 is 0 Å². The first-order valence-electron chi connectivity index (χ1n) is 14.3. The average molecular weight is 731 g/mol. The lowest BCUT2D eigenvalue weighted by Crippen LogP contribution is -2.20. The van der Waals surface area contributed by atoms with Crippen molar-refractivity contribution in [3.63, 3.8) is 0 Å². The Balaban J connectivity index is 1.11. The van der Waals surface area contributed by atoms with E-state index in [1.807, 2.05) is 0 Å². The van der Waals surface area contributed by atoms with E-state index in [1.165, 1.54) is 72.8 Å². The molecule has 0 bridgehead atoms. The Hall–Kier alpha value is -5.56. The van der Waals surface area contributed by atoms with E-state index in [4.69, 9.17) is 16.7 Å². The van der Waals surface area contributed by atoms with Gasteiger partial charge in [-0.2, -0.15) is 26.8 Å². The molecule has 0 aliphatic rings. The van der Waals surface area contributed by atoms with Crippen molar-refractivity contribution < 1.29 is 51.1 Å². The van der Waals surface area contributed by atoms with E-state index < -0.39 is 69.3 Å². The summed E-state index contributed by atoms with van der Waals surface area (Å²) in [6.07, 6.45) is 0. The first-order chi connectivity index (χ1) is 23.8. The van der Waals surface area contributed by atoms with Crippen molar-refractivity contribution in [2.24, 2.45) is 0 Å². The molecule has 2 heterocycles. The van der Waals surface area contributed by atoms with Gasteiger partial charge < -0.3 is 18.3 Å². The SMILES string of the molecule is O=S(=O)(OCCOS(=O)(=O)Oc1nc(-c2ccc(F)cc2)c(-c2ccc(F)cc2)[nH]1)Oc1nc(-c2ccc(F)cc2)c(-c2ccc(F)cc2)[nH]1. The van der Waals surface area contributed by atoms with E-state index in [9.17, 15) is 34.4 Å². The zero-order chi connectivity index (χ0) is 35.5. The first-order valence-corrected chi connectivity index (χ1v) is 16.9. The van der Waals surface area contributed by atoms with Crippen molar-refractivity contribution in [2.45, 2.75) is 0 Å². The molecule has 6 rings (SSSR count). The number of imidazole rings is 2. The molecule has 258 valence electrons. The Morgan fingerprint density at radius 1 is 0.460 bits per heavy atom. The Kier molecular flexibility index (Phi) is 9.69. The van der Waals surface area contributed by atoms with Crippen molar-refractivity contribution in [1.29, 1.82) is 0 Å². The van der Waals surface area contributed by atoms with Crippen molar-refractivity contribution in [1.82, 2.24) is 19.9 Å². The Morgan fingerprint density at radius 3 is 1.04 bits per heavy atom. The summed E-state index contributed by atoms with van der Waals surface area (Å²) in [6.45, 7) is -1.72. The summed E-state index contributed by atoms with van der Waals surface area (Å²) in [5.41, 5.74) is 2.29. The molecule has 0 unspecified atom stereocenters. The number of aromatic nitrogens is 4. The molecular weight excluding hydrogens is 708 g/mol. The lowest BCUT2D eigenvalue weighted by Gasteiger charge is -2.06. The van der Waals surface area contributed by atoms with Gasteiger partial charge in [0.1, 0.15) is 34.7 Å². The monoisotopic (exact) mass is 730 g/mol. The number of nitrogens with one attached hydrogen (secondary N) is 2. The molecule has 0 aliphatic heterocycles. The molecule has 18 heteroatoms. The molecule has 6 aromatic rings. The van der Waals surface area contributed by atoms with Crippen LogP contribution in [0.3, 0.4) is 0 Å². The maximum absolute atomic E-state index is 13.5. The van der Waals surface area contributed by atoms with Crippen LogP contribution in [0, 0.1) is 23.3 Å². The third kappa shape index (κ3) is 8.35. The number of nitrogens with zero attached hydrogens (tertiary/aromatic N) is 2. The third-order valence-corrected chi connectivity index (χ3v) is 8.40. The number of hydrogen-bond donors (Lipinski definition) is 2. The van der Waals surface area contributed by atoms with Crippen LogP contribution in [0.15, 0.2) is 97.1 Å². The average Bonchev–Trinajstić information content (AvgIpc) is 3.68. The molecule has 2 aromatic heterocycles. The zero-order valence-electron chi connectivity index (χ0n) is 25.1. The quantitative estimate of drug-likeness (QED) is 0.101. The van der Waals surface area contributed by atoms with Gasteiger partial charge in [-0.1, -0.05) is 0 Å². The summed E-state index contributed by atoms with van der Waals surface area (Å²) >= 11 is 0. The maximum Gasteiger partial charge on any atom is 0.451 e. The minimum Gasteiger partial charge on any atom is -0.324 e. The van der Waals surface area contributed by atoms with Gasteiger partial charge in [-0.25, -0.2) is 25.9 Å². The smallest absolute Gasteiger partial charge is 0.324 e. The van der Waals surface area contributed by atoms with E-state index in [0.29, 0.717) is 22.3 Å². The highest BCUT2D eigenvalue weighted by Gasteiger charge is 2.24. The second-order valence-corrected chi connectivity index (χ2v) is 12.6. The van der Waals surface area contributed by atoms with Crippen LogP contribution in [0.25, 0.3) is 45.0 Å². The van der Waals surface area contributed by atoms with Crippen LogP contribution >= 0.6 is 0 Å². The van der Waals surface area contributed by atoms with Crippen LogP contribution in [0.5, 0.6) is 12.0 Å². The summed E-state index contributed by atoms with van der Waals surface area (Å²) in [5.74, 6) is -2.09. The Labute approximate surface area is 282 Å². The van der Waals surface area contributed by atoms with E-state index in [2.05, 4.69) is 19.9 Å². The van der Waals surface area contributed by atoms with Crippen molar-refractivity contribution in [3.05, 3.63) is 120 Å². The number of hydrogen-bond acceptors (Lipinski definition) is 10.